The van der Waals surface area contributed by atoms with Crippen LogP contribution < -0.4 is 0 Å². The minimum Gasteiger partial charge on any atom is -0.286 e. The molecule has 6 nitrogen and oxygen atoms in total. The van der Waals surface area contributed by atoms with Crippen molar-refractivity contribution in [3.8, 4) is 0 Å². The monoisotopic (exact) mass is 230 g/mol. The van der Waals surface area contributed by atoms with E-state index < -0.39 is 0 Å². The third-order valence-electron chi connectivity index (χ3n) is 1.33. The van der Waals surface area contributed by atoms with Crippen LogP contribution in [0.2, 0.25) is 0 Å². The van der Waals surface area contributed by atoms with Gasteiger partial charge < -0.3 is 0 Å². The van der Waals surface area contributed by atoms with Crippen LogP contribution in [-0.2, 0) is 7.05 Å². The molecule has 0 saturated heterocycles. The first-order chi connectivity index (χ1) is 6.59. The van der Waals surface area contributed by atoms with E-state index in [0.717, 1.165) is 10.5 Å². The molecule has 0 aliphatic carbocycles. The van der Waals surface area contributed by atoms with Crippen LogP contribution in [0.25, 0.3) is 0 Å². The molecule has 0 fully saturated rings. The Hall–Kier alpha value is -1.28. The molecule has 0 saturated carbocycles. The highest BCUT2D eigenvalue weighted by atomic mass is 32.1. The van der Waals surface area contributed by atoms with Crippen LogP contribution in [-0.4, -0.2) is 30.2 Å². The lowest BCUT2D eigenvalue weighted by Crippen LogP contribution is -1.88. The van der Waals surface area contributed by atoms with Crippen molar-refractivity contribution < 1.29 is 0 Å². The second-order valence-electron chi connectivity index (χ2n) is 2.51. The summed E-state index contributed by atoms with van der Waals surface area (Å²) in [6.45, 7) is 1.84. The fourth-order valence-electron chi connectivity index (χ4n) is 0.659. The van der Waals surface area contributed by atoms with Gasteiger partial charge in [0.25, 0.3) is 0 Å². The van der Waals surface area contributed by atoms with Gasteiger partial charge in [-0.1, -0.05) is 12.2 Å². The van der Waals surface area contributed by atoms with Gasteiger partial charge in [0.2, 0.25) is 4.77 Å². The molecule has 0 amide bonds. The number of hydrogen-bond donors (Lipinski definition) is 3. The van der Waals surface area contributed by atoms with Gasteiger partial charge in [0, 0.05) is 7.05 Å². The predicted octanol–water partition coefficient (Wildman–Crippen LogP) is 1.25. The molecule has 0 aliphatic rings. The number of rotatable bonds is 0. The summed E-state index contributed by atoms with van der Waals surface area (Å²) in [6, 6.07) is 0. The number of hydrogen-bond acceptors (Lipinski definition) is 4. The van der Waals surface area contributed by atoms with Crippen molar-refractivity contribution >= 4 is 24.4 Å². The average molecular weight is 230 g/mol. The Balaban J connectivity index is 0.000000140. The summed E-state index contributed by atoms with van der Waals surface area (Å²) in [5.74, 6) is 0.824. The molecule has 0 bridgehead atoms. The van der Waals surface area contributed by atoms with Gasteiger partial charge in [-0.3, -0.25) is 14.9 Å². The topological polar surface area (TPSA) is 78.1 Å². The summed E-state index contributed by atoms with van der Waals surface area (Å²) in [4.78, 5) is 3.81. The Morgan fingerprint density at radius 1 is 1.36 bits per heavy atom. The second kappa shape index (κ2) is 4.82. The lowest BCUT2D eigenvalue weighted by molar-refractivity contribution is 0.707. The van der Waals surface area contributed by atoms with E-state index in [1.807, 2.05) is 14.0 Å². The molecule has 2 aromatic rings. The summed E-state index contributed by atoms with van der Waals surface area (Å²) in [5, 5.41) is 11.7. The van der Waals surface area contributed by atoms with Crippen molar-refractivity contribution in [3.05, 3.63) is 21.4 Å². The number of nitrogens with one attached hydrogen (secondary N) is 3. The smallest absolute Gasteiger partial charge is 0.213 e. The lowest BCUT2D eigenvalue weighted by Gasteiger charge is -1.80. The number of nitrogens with zero attached hydrogens (tertiary/aromatic N) is 3. The molecule has 0 radical (unpaired) electrons. The van der Waals surface area contributed by atoms with Gasteiger partial charge in [-0.05, 0) is 19.1 Å². The maximum atomic E-state index is 4.76. The average Bonchev–Trinajstić information content (AvgIpc) is 2.65. The SMILES string of the molecule is Cc1nc(=S)[nH][nH]1.Cn1[nH]ncc1=S. The van der Waals surface area contributed by atoms with E-state index in [1.54, 1.807) is 10.9 Å². The summed E-state index contributed by atoms with van der Waals surface area (Å²) in [7, 11) is 1.81. The highest BCUT2D eigenvalue weighted by Gasteiger charge is 1.80. The molecule has 0 spiro atoms. The Morgan fingerprint density at radius 2 is 2.07 bits per heavy atom. The molecular weight excluding hydrogens is 220 g/mol. The van der Waals surface area contributed by atoms with E-state index in [1.165, 1.54) is 0 Å². The largest absolute Gasteiger partial charge is 0.286 e. The van der Waals surface area contributed by atoms with Crippen molar-refractivity contribution in [1.82, 2.24) is 30.2 Å². The van der Waals surface area contributed by atoms with Crippen LogP contribution in [0, 0.1) is 16.3 Å². The third-order valence-corrected chi connectivity index (χ3v) is 1.91. The lowest BCUT2D eigenvalue weighted by atomic mass is 10.8. The molecular formula is C6H10N6S2. The second-order valence-corrected chi connectivity index (χ2v) is 3.31. The number of aryl methyl sites for hydroxylation is 2. The van der Waals surface area contributed by atoms with E-state index in [0.29, 0.717) is 4.77 Å². The molecule has 0 unspecified atom stereocenters. The van der Waals surface area contributed by atoms with Crippen LogP contribution in [0.3, 0.4) is 0 Å². The molecule has 2 rings (SSSR count). The summed E-state index contributed by atoms with van der Waals surface area (Å²) in [5.41, 5.74) is 0. The Morgan fingerprint density at radius 3 is 2.21 bits per heavy atom. The van der Waals surface area contributed by atoms with Crippen LogP contribution >= 0.6 is 24.4 Å². The van der Waals surface area contributed by atoms with Crippen molar-refractivity contribution in [2.24, 2.45) is 7.05 Å². The van der Waals surface area contributed by atoms with Crippen LogP contribution in [0.1, 0.15) is 5.82 Å². The van der Waals surface area contributed by atoms with Gasteiger partial charge in [-0.25, -0.2) is 10.2 Å². The predicted molar refractivity (Wildman–Crippen MR) is 56.9 cm³/mol. The number of H-pyrrole nitrogens is 3. The molecule has 8 heteroatoms. The molecule has 2 aromatic heterocycles. The van der Waals surface area contributed by atoms with Gasteiger partial charge in [0.15, 0.2) is 0 Å². The van der Waals surface area contributed by atoms with E-state index >= 15 is 0 Å². The molecule has 0 aromatic carbocycles. The molecule has 76 valence electrons. The Kier molecular flexibility index (Phi) is 3.72. The zero-order valence-corrected chi connectivity index (χ0v) is 9.37. The first kappa shape index (κ1) is 10.8. The zero-order chi connectivity index (χ0) is 10.6. The zero-order valence-electron chi connectivity index (χ0n) is 7.74. The molecule has 0 atom stereocenters. The standard InChI is InChI=1S/2C3H5N3S/c1-6-3(7)2-4-5-6;1-2-4-3(7)6-5-2/h2,5H,1H3;1H3,(H2,4,5,6,7). The van der Waals surface area contributed by atoms with Crippen molar-refractivity contribution in [3.63, 3.8) is 0 Å². The first-order valence-electron chi connectivity index (χ1n) is 3.77. The minimum atomic E-state index is 0.512. The molecule has 0 aliphatic heterocycles. The highest BCUT2D eigenvalue weighted by molar-refractivity contribution is 7.71. The van der Waals surface area contributed by atoms with E-state index in [9.17, 15) is 0 Å². The van der Waals surface area contributed by atoms with Crippen LogP contribution in [0.5, 0.6) is 0 Å². The highest BCUT2D eigenvalue weighted by Crippen LogP contribution is 1.79. The van der Waals surface area contributed by atoms with Gasteiger partial charge in [-0.2, -0.15) is 5.10 Å². The number of aromatic amines is 3. The first-order valence-corrected chi connectivity index (χ1v) is 4.59. The summed E-state index contributed by atoms with van der Waals surface area (Å²) < 4.78 is 2.90. The van der Waals surface area contributed by atoms with Crippen molar-refractivity contribution in [2.75, 3.05) is 0 Å². The Labute approximate surface area is 90.4 Å². The quantitative estimate of drug-likeness (QED) is 0.595. The maximum Gasteiger partial charge on any atom is 0.213 e. The van der Waals surface area contributed by atoms with E-state index in [4.69, 9.17) is 12.2 Å². The minimum absolute atomic E-state index is 0.512. The summed E-state index contributed by atoms with van der Waals surface area (Å²) in [6.07, 6.45) is 1.59. The normalized spacial score (nSPS) is 9.29. The fraction of sp³-hybridized carbons (Fsp3) is 0.333. The molecule has 14 heavy (non-hydrogen) atoms. The van der Waals surface area contributed by atoms with Crippen LogP contribution in [0.15, 0.2) is 6.20 Å². The van der Waals surface area contributed by atoms with Gasteiger partial charge in [-0.15, -0.1) is 0 Å². The summed E-state index contributed by atoms with van der Waals surface area (Å²) >= 11 is 9.39. The maximum absolute atomic E-state index is 4.76. The Bertz CT molecular complexity index is 488. The van der Waals surface area contributed by atoms with Gasteiger partial charge in [0.1, 0.15) is 10.5 Å². The number of aromatic nitrogens is 6. The molecule has 2 heterocycles. The van der Waals surface area contributed by atoms with Gasteiger partial charge in [0.05, 0.1) is 6.20 Å². The fourth-order valence-corrected chi connectivity index (χ4v) is 0.940. The van der Waals surface area contributed by atoms with E-state index in [2.05, 4.69) is 37.7 Å². The van der Waals surface area contributed by atoms with Gasteiger partial charge >= 0.3 is 0 Å². The third kappa shape index (κ3) is 3.23. The van der Waals surface area contributed by atoms with Crippen molar-refractivity contribution in [1.29, 1.82) is 0 Å². The van der Waals surface area contributed by atoms with Crippen molar-refractivity contribution in [2.45, 2.75) is 6.92 Å². The van der Waals surface area contributed by atoms with E-state index in [-0.39, 0.29) is 0 Å². The van der Waals surface area contributed by atoms with Crippen LogP contribution in [0.4, 0.5) is 0 Å². The molecule has 3 N–H and O–H groups in total.